The van der Waals surface area contributed by atoms with Crippen LogP contribution in [-0.2, 0) is 0 Å². The second-order valence-corrected chi connectivity index (χ2v) is 5.75. The van der Waals surface area contributed by atoms with Crippen LogP contribution in [0.1, 0.15) is 23.7 Å². The van der Waals surface area contributed by atoms with Crippen molar-refractivity contribution in [3.63, 3.8) is 0 Å². The molecule has 0 bridgehead atoms. The summed E-state index contributed by atoms with van der Waals surface area (Å²) in [6.07, 6.45) is 0.915. The fourth-order valence-electron chi connectivity index (χ4n) is 2.32. The van der Waals surface area contributed by atoms with Crippen molar-refractivity contribution in [2.45, 2.75) is 19.4 Å². The van der Waals surface area contributed by atoms with Gasteiger partial charge in [0.15, 0.2) is 0 Å². The molecule has 0 aliphatic carbocycles. The summed E-state index contributed by atoms with van der Waals surface area (Å²) in [5.41, 5.74) is 0.105. The van der Waals surface area contributed by atoms with Crippen molar-refractivity contribution < 1.29 is 9.18 Å². The lowest BCUT2D eigenvalue weighted by Crippen LogP contribution is -2.39. The van der Waals surface area contributed by atoms with E-state index >= 15 is 0 Å². The van der Waals surface area contributed by atoms with Crippen molar-refractivity contribution in [3.05, 3.63) is 34.1 Å². The maximum absolute atomic E-state index is 13.9. The molecule has 2 nitrogen and oxygen atoms in total. The summed E-state index contributed by atoms with van der Waals surface area (Å²) < 4.78 is 14.2. The van der Waals surface area contributed by atoms with Crippen LogP contribution in [0.5, 0.6) is 0 Å². The smallest absolute Gasteiger partial charge is 0.257 e. The average Bonchev–Trinajstić information content (AvgIpc) is 2.73. The van der Waals surface area contributed by atoms with Gasteiger partial charge >= 0.3 is 0 Å². The van der Waals surface area contributed by atoms with Gasteiger partial charge in [-0.2, -0.15) is 0 Å². The monoisotopic (exact) mass is 333 g/mol. The van der Waals surface area contributed by atoms with E-state index < -0.39 is 5.82 Å². The minimum absolute atomic E-state index is 0.00227. The number of nitrogens with zero attached hydrogens (tertiary/aromatic N) is 1. The van der Waals surface area contributed by atoms with Crippen molar-refractivity contribution in [1.29, 1.82) is 0 Å². The summed E-state index contributed by atoms with van der Waals surface area (Å²) in [6.45, 7) is 2.71. The Hall–Kier alpha value is -0.610. The molecule has 5 heteroatoms. The van der Waals surface area contributed by atoms with E-state index in [4.69, 9.17) is 11.6 Å². The van der Waals surface area contributed by atoms with E-state index in [1.54, 1.807) is 17.0 Å². The topological polar surface area (TPSA) is 20.3 Å². The highest BCUT2D eigenvalue weighted by Crippen LogP contribution is 2.28. The van der Waals surface area contributed by atoms with E-state index in [1.807, 2.05) is 0 Å². The van der Waals surface area contributed by atoms with Crippen LogP contribution in [0.25, 0.3) is 0 Å². The van der Waals surface area contributed by atoms with Gasteiger partial charge in [0.1, 0.15) is 5.82 Å². The fraction of sp³-hybridized carbons (Fsp3) is 0.462. The highest BCUT2D eigenvalue weighted by molar-refractivity contribution is 9.10. The van der Waals surface area contributed by atoms with E-state index in [0.717, 1.165) is 6.42 Å². The molecule has 0 N–H and O–H groups in total. The summed E-state index contributed by atoms with van der Waals surface area (Å²) in [6, 6.07) is 4.75. The van der Waals surface area contributed by atoms with Crippen molar-refractivity contribution in [2.75, 3.05) is 12.4 Å². The number of hydrogen-bond donors (Lipinski definition) is 0. The molecule has 2 rings (SSSR count). The normalized spacial score (nSPS) is 23.4. The van der Waals surface area contributed by atoms with Gasteiger partial charge in [0.05, 0.1) is 10.0 Å². The van der Waals surface area contributed by atoms with Gasteiger partial charge in [-0.25, -0.2) is 4.39 Å². The summed E-state index contributed by atoms with van der Waals surface area (Å²) in [5.74, 6) is -0.0245. The Bertz CT molecular complexity index is 468. The third-order valence-electron chi connectivity index (χ3n) is 3.48. The number of rotatable bonds is 2. The van der Waals surface area contributed by atoms with Gasteiger partial charge in [-0.3, -0.25) is 4.79 Å². The van der Waals surface area contributed by atoms with Crippen LogP contribution >= 0.6 is 27.5 Å². The number of benzene rings is 1. The Balaban J connectivity index is 2.29. The predicted molar refractivity (Wildman–Crippen MR) is 73.4 cm³/mol. The second kappa shape index (κ2) is 5.57. The Kier molecular flexibility index (Phi) is 4.28. The highest BCUT2D eigenvalue weighted by Gasteiger charge is 2.35. The molecular weight excluding hydrogens is 321 g/mol. The number of halogens is 3. The van der Waals surface area contributed by atoms with E-state index in [-0.39, 0.29) is 17.5 Å². The van der Waals surface area contributed by atoms with Gasteiger partial charge < -0.3 is 4.90 Å². The Labute approximate surface area is 119 Å². The molecule has 1 aliphatic heterocycles. The van der Waals surface area contributed by atoms with Gasteiger partial charge in [-0.1, -0.05) is 13.0 Å². The Morgan fingerprint density at radius 2 is 2.33 bits per heavy atom. The SMILES string of the molecule is CC1CCN(C(=O)c2cccc(Br)c2F)C1CCl. The molecule has 0 saturated carbocycles. The molecule has 1 aliphatic rings. The van der Waals surface area contributed by atoms with Gasteiger partial charge in [0.2, 0.25) is 0 Å². The van der Waals surface area contributed by atoms with Crippen molar-refractivity contribution in [3.8, 4) is 0 Å². The molecule has 1 aromatic carbocycles. The molecule has 0 spiro atoms. The maximum atomic E-state index is 13.9. The fourth-order valence-corrected chi connectivity index (χ4v) is 3.16. The number of carbonyl (C=O) groups is 1. The minimum Gasteiger partial charge on any atom is -0.334 e. The average molecular weight is 335 g/mol. The number of carbonyl (C=O) groups excluding carboxylic acids is 1. The third kappa shape index (κ3) is 2.41. The molecule has 1 fully saturated rings. The van der Waals surface area contributed by atoms with Crippen LogP contribution in [0.2, 0.25) is 0 Å². The lowest BCUT2D eigenvalue weighted by molar-refractivity contribution is 0.0732. The first kappa shape index (κ1) is 13.8. The lowest BCUT2D eigenvalue weighted by atomic mass is 10.0. The zero-order valence-corrected chi connectivity index (χ0v) is 12.3. The number of alkyl halides is 1. The van der Waals surface area contributed by atoms with Crippen LogP contribution in [0.15, 0.2) is 22.7 Å². The maximum Gasteiger partial charge on any atom is 0.257 e. The van der Waals surface area contributed by atoms with Crippen molar-refractivity contribution in [1.82, 2.24) is 4.90 Å². The van der Waals surface area contributed by atoms with E-state index in [9.17, 15) is 9.18 Å². The van der Waals surface area contributed by atoms with Crippen LogP contribution in [0.4, 0.5) is 4.39 Å². The van der Waals surface area contributed by atoms with Crippen molar-refractivity contribution >= 4 is 33.4 Å². The summed E-state index contributed by atoms with van der Waals surface area (Å²) in [5, 5.41) is 0. The van der Waals surface area contributed by atoms with Gasteiger partial charge in [0, 0.05) is 18.5 Å². The largest absolute Gasteiger partial charge is 0.334 e. The van der Waals surface area contributed by atoms with E-state index in [0.29, 0.717) is 22.8 Å². The van der Waals surface area contributed by atoms with Crippen LogP contribution in [-0.4, -0.2) is 29.3 Å². The zero-order chi connectivity index (χ0) is 13.3. The van der Waals surface area contributed by atoms with Crippen LogP contribution < -0.4 is 0 Å². The van der Waals surface area contributed by atoms with Gasteiger partial charge in [0.25, 0.3) is 5.91 Å². The first-order valence-corrected chi connectivity index (χ1v) is 7.20. The van der Waals surface area contributed by atoms with Gasteiger partial charge in [-0.05, 0) is 40.4 Å². The van der Waals surface area contributed by atoms with Crippen molar-refractivity contribution in [2.24, 2.45) is 5.92 Å². The molecule has 1 saturated heterocycles. The van der Waals surface area contributed by atoms with Gasteiger partial charge in [-0.15, -0.1) is 11.6 Å². The Morgan fingerprint density at radius 1 is 1.61 bits per heavy atom. The molecule has 0 radical (unpaired) electrons. The summed E-state index contributed by atoms with van der Waals surface area (Å²) >= 11 is 9.00. The quantitative estimate of drug-likeness (QED) is 0.756. The molecule has 1 amide bonds. The first-order valence-electron chi connectivity index (χ1n) is 5.87. The molecule has 0 aromatic heterocycles. The predicted octanol–water partition coefficient (Wildman–Crippen LogP) is 3.68. The molecule has 2 unspecified atom stereocenters. The van der Waals surface area contributed by atoms with Crippen LogP contribution in [0.3, 0.4) is 0 Å². The molecule has 1 aromatic rings. The number of amides is 1. The zero-order valence-electron chi connectivity index (χ0n) is 10.00. The standard InChI is InChI=1S/C13H14BrClFNO/c1-8-5-6-17(11(8)7-15)13(18)9-3-2-4-10(14)12(9)16/h2-4,8,11H,5-7H2,1H3. The molecule has 1 heterocycles. The van der Waals surface area contributed by atoms with E-state index in [1.165, 1.54) is 6.07 Å². The molecule has 18 heavy (non-hydrogen) atoms. The molecule has 2 atom stereocenters. The molecular formula is C13H14BrClFNO. The van der Waals surface area contributed by atoms with E-state index in [2.05, 4.69) is 22.9 Å². The highest BCUT2D eigenvalue weighted by atomic mass is 79.9. The summed E-state index contributed by atoms with van der Waals surface area (Å²) in [4.78, 5) is 14.0. The number of hydrogen-bond acceptors (Lipinski definition) is 1. The molecule has 98 valence electrons. The summed E-state index contributed by atoms with van der Waals surface area (Å²) in [7, 11) is 0. The number of likely N-dealkylation sites (tertiary alicyclic amines) is 1. The first-order chi connectivity index (χ1) is 8.56. The lowest BCUT2D eigenvalue weighted by Gasteiger charge is -2.25. The second-order valence-electron chi connectivity index (χ2n) is 4.59. The third-order valence-corrected chi connectivity index (χ3v) is 4.41. The van der Waals surface area contributed by atoms with Crippen LogP contribution in [0, 0.1) is 11.7 Å². The Morgan fingerprint density at radius 3 is 3.00 bits per heavy atom. The minimum atomic E-state index is -0.504.